The first-order valence-electron chi connectivity index (χ1n) is 4.64. The van der Waals surface area contributed by atoms with Gasteiger partial charge in [0.2, 0.25) is 0 Å². The van der Waals surface area contributed by atoms with Gasteiger partial charge in [0.15, 0.2) is 0 Å². The topological polar surface area (TPSA) is 54.0 Å². The summed E-state index contributed by atoms with van der Waals surface area (Å²) in [4.78, 5) is 19.6. The summed E-state index contributed by atoms with van der Waals surface area (Å²) in [5.74, 6) is -0.589. The van der Waals surface area contributed by atoms with Gasteiger partial charge in [-0.1, -0.05) is 6.58 Å². The van der Waals surface area contributed by atoms with Gasteiger partial charge in [-0.05, 0) is 19.0 Å². The minimum Gasteiger partial charge on any atom is -0.398 e. The van der Waals surface area contributed by atoms with Crippen molar-refractivity contribution >= 4 is 14.5 Å². The minimum absolute atomic E-state index is 0.328. The van der Waals surface area contributed by atoms with Gasteiger partial charge in [0.1, 0.15) is 0 Å². The molecule has 0 spiro atoms. The molecule has 0 aliphatic heterocycles. The lowest BCUT2D eigenvalue weighted by Gasteiger charge is -2.22. The van der Waals surface area contributed by atoms with Crippen molar-refractivity contribution in [3.63, 3.8) is 0 Å². The number of hydrogen-bond acceptors (Lipinski definition) is 5. The maximum absolute atomic E-state index is 10.6. The molecule has 0 unspecified atom stereocenters. The van der Waals surface area contributed by atoms with Gasteiger partial charge < -0.3 is 8.85 Å². The number of hydrogen-bond donors (Lipinski definition) is 0. The van der Waals surface area contributed by atoms with E-state index in [0.29, 0.717) is 6.61 Å². The van der Waals surface area contributed by atoms with Crippen molar-refractivity contribution in [2.75, 3.05) is 20.8 Å². The van der Waals surface area contributed by atoms with Gasteiger partial charge in [0, 0.05) is 20.3 Å². The predicted octanol–water partition coefficient (Wildman–Crippen LogP) is 1.40. The Morgan fingerprint density at radius 2 is 2.00 bits per heavy atom. The van der Waals surface area contributed by atoms with Crippen LogP contribution in [0.1, 0.15) is 6.42 Å². The van der Waals surface area contributed by atoms with Gasteiger partial charge >= 0.3 is 14.5 Å². The third-order valence-corrected chi connectivity index (χ3v) is 5.02. The Kier molecular flexibility index (Phi) is 7.23. The zero-order valence-electron chi connectivity index (χ0n) is 9.45. The second kappa shape index (κ2) is 7.58. The lowest BCUT2D eigenvalue weighted by atomic mass is 10.5. The molecular formula is C9H18O5Si. The Labute approximate surface area is 91.1 Å². The molecule has 0 fully saturated rings. The van der Waals surface area contributed by atoms with Gasteiger partial charge in [-0.25, -0.2) is 4.79 Å². The number of rotatable bonds is 8. The predicted molar refractivity (Wildman–Crippen MR) is 57.3 cm³/mol. The van der Waals surface area contributed by atoms with E-state index >= 15 is 0 Å². The molecule has 88 valence electrons. The molecule has 0 aromatic carbocycles. The molecule has 0 amide bonds. The fourth-order valence-electron chi connectivity index (χ4n) is 0.873. The van der Waals surface area contributed by atoms with E-state index in [9.17, 15) is 4.79 Å². The first kappa shape index (κ1) is 14.3. The summed E-state index contributed by atoms with van der Waals surface area (Å²) in [6.45, 7) is 5.53. The third kappa shape index (κ3) is 6.40. The molecule has 6 heteroatoms. The summed E-state index contributed by atoms with van der Waals surface area (Å²) >= 11 is 0. The lowest BCUT2D eigenvalue weighted by molar-refractivity contribution is -0.267. The van der Waals surface area contributed by atoms with Crippen LogP contribution in [0.4, 0.5) is 0 Å². The third-order valence-electron chi connectivity index (χ3n) is 2.03. The van der Waals surface area contributed by atoms with E-state index in [2.05, 4.69) is 16.4 Å². The van der Waals surface area contributed by atoms with Crippen LogP contribution in [0.25, 0.3) is 0 Å². The standard InChI is InChI=1S/C9H18O5Si/c1-5-9(10)14-13-7-6-8-15(4,11-2)12-3/h5H,1,6-8H2,2-4H3. The molecule has 0 rings (SSSR count). The molecule has 0 saturated carbocycles. The Hall–Kier alpha value is -0.693. The van der Waals surface area contributed by atoms with Crippen molar-refractivity contribution in [1.29, 1.82) is 0 Å². The quantitative estimate of drug-likeness (QED) is 0.209. The second-order valence-electron chi connectivity index (χ2n) is 3.07. The van der Waals surface area contributed by atoms with Crippen molar-refractivity contribution in [3.05, 3.63) is 12.7 Å². The first-order chi connectivity index (χ1) is 7.08. The molecule has 0 saturated heterocycles. The average Bonchev–Trinajstić information content (AvgIpc) is 2.27. The molecule has 0 aromatic heterocycles. The molecule has 0 N–H and O–H groups in total. The number of carbonyl (C=O) groups excluding carboxylic acids is 1. The molecule has 0 aliphatic rings. The molecule has 0 aromatic rings. The molecule has 0 atom stereocenters. The van der Waals surface area contributed by atoms with E-state index in [0.717, 1.165) is 18.5 Å². The van der Waals surface area contributed by atoms with Gasteiger partial charge in [0.25, 0.3) is 0 Å². The highest BCUT2D eigenvalue weighted by molar-refractivity contribution is 6.65. The van der Waals surface area contributed by atoms with Crippen LogP contribution in [-0.2, 0) is 23.4 Å². The summed E-state index contributed by atoms with van der Waals surface area (Å²) < 4.78 is 10.5. The van der Waals surface area contributed by atoms with Crippen LogP contribution in [0, 0.1) is 0 Å². The van der Waals surface area contributed by atoms with Gasteiger partial charge in [0.05, 0.1) is 6.61 Å². The SMILES string of the molecule is C=CC(=O)OOCCC[Si](C)(OC)OC. The van der Waals surface area contributed by atoms with Crippen molar-refractivity contribution in [2.24, 2.45) is 0 Å². The second-order valence-corrected chi connectivity index (χ2v) is 6.66. The maximum atomic E-state index is 10.6. The molecule has 5 nitrogen and oxygen atoms in total. The Bertz CT molecular complexity index is 203. The van der Waals surface area contributed by atoms with Gasteiger partial charge in [-0.2, -0.15) is 4.89 Å². The van der Waals surface area contributed by atoms with E-state index in [1.165, 1.54) is 0 Å². The highest BCUT2D eigenvalue weighted by Crippen LogP contribution is 2.13. The van der Waals surface area contributed by atoms with E-state index in [4.69, 9.17) is 8.85 Å². The fourth-order valence-corrected chi connectivity index (χ4v) is 2.23. The van der Waals surface area contributed by atoms with E-state index in [1.807, 2.05) is 6.55 Å². The maximum Gasteiger partial charge on any atom is 0.365 e. The van der Waals surface area contributed by atoms with Crippen molar-refractivity contribution in [3.8, 4) is 0 Å². The van der Waals surface area contributed by atoms with Crippen LogP contribution in [0.2, 0.25) is 12.6 Å². The highest BCUT2D eigenvalue weighted by atomic mass is 28.4. The van der Waals surface area contributed by atoms with Gasteiger partial charge in [-0.3, -0.25) is 4.89 Å². The van der Waals surface area contributed by atoms with Crippen molar-refractivity contribution in [2.45, 2.75) is 19.0 Å². The molecular weight excluding hydrogens is 216 g/mol. The first-order valence-corrected chi connectivity index (χ1v) is 7.16. The normalized spacial score (nSPS) is 11.1. The Morgan fingerprint density at radius 1 is 1.40 bits per heavy atom. The highest BCUT2D eigenvalue weighted by Gasteiger charge is 2.27. The summed E-state index contributed by atoms with van der Waals surface area (Å²) in [5, 5.41) is 0. The summed E-state index contributed by atoms with van der Waals surface area (Å²) in [6.07, 6.45) is 1.76. The smallest absolute Gasteiger partial charge is 0.365 e. The molecule has 0 bridgehead atoms. The minimum atomic E-state index is -2.02. The van der Waals surface area contributed by atoms with Gasteiger partial charge in [-0.15, -0.1) is 0 Å². The zero-order valence-corrected chi connectivity index (χ0v) is 10.4. The fraction of sp³-hybridized carbons (Fsp3) is 0.667. The van der Waals surface area contributed by atoms with Crippen LogP contribution in [0.15, 0.2) is 12.7 Å². The van der Waals surface area contributed by atoms with Crippen molar-refractivity contribution < 1.29 is 23.4 Å². The van der Waals surface area contributed by atoms with E-state index in [-0.39, 0.29) is 0 Å². The monoisotopic (exact) mass is 234 g/mol. The van der Waals surface area contributed by atoms with Crippen LogP contribution in [0.5, 0.6) is 0 Å². The molecule has 0 heterocycles. The van der Waals surface area contributed by atoms with Crippen LogP contribution in [0.3, 0.4) is 0 Å². The average molecular weight is 234 g/mol. The summed E-state index contributed by atoms with van der Waals surface area (Å²) in [5.41, 5.74) is 0. The largest absolute Gasteiger partial charge is 0.398 e. The Morgan fingerprint density at radius 3 is 2.47 bits per heavy atom. The summed E-state index contributed by atoms with van der Waals surface area (Å²) in [6, 6.07) is 0.783. The Balaban J connectivity index is 3.53. The van der Waals surface area contributed by atoms with E-state index in [1.54, 1.807) is 14.2 Å². The lowest BCUT2D eigenvalue weighted by Crippen LogP contribution is -2.36. The van der Waals surface area contributed by atoms with E-state index < -0.39 is 14.5 Å². The van der Waals surface area contributed by atoms with Crippen LogP contribution in [-0.4, -0.2) is 35.4 Å². The number of carbonyl (C=O) groups is 1. The summed E-state index contributed by atoms with van der Waals surface area (Å²) in [7, 11) is 1.24. The zero-order chi connectivity index (χ0) is 11.7. The van der Waals surface area contributed by atoms with Crippen LogP contribution < -0.4 is 0 Å². The van der Waals surface area contributed by atoms with Crippen molar-refractivity contribution in [1.82, 2.24) is 0 Å². The van der Waals surface area contributed by atoms with Crippen LogP contribution >= 0.6 is 0 Å². The molecule has 0 radical (unpaired) electrons. The molecule has 0 aliphatic carbocycles. The molecule has 15 heavy (non-hydrogen) atoms.